The van der Waals surface area contributed by atoms with E-state index in [0.29, 0.717) is 18.2 Å². The van der Waals surface area contributed by atoms with Crippen molar-refractivity contribution in [3.63, 3.8) is 0 Å². The fourth-order valence-electron chi connectivity index (χ4n) is 3.62. The van der Waals surface area contributed by atoms with Crippen LogP contribution < -0.4 is 15.1 Å². The van der Waals surface area contributed by atoms with Crippen LogP contribution in [0.2, 0.25) is 5.04 Å². The van der Waals surface area contributed by atoms with Crippen LogP contribution >= 0.6 is 12.6 Å². The number of nitrogens with zero attached hydrogens (tertiary/aromatic N) is 2. The second-order valence-electron chi connectivity index (χ2n) is 7.94. The first-order valence-electron chi connectivity index (χ1n) is 9.76. The van der Waals surface area contributed by atoms with Gasteiger partial charge in [0.1, 0.15) is 6.10 Å². The van der Waals surface area contributed by atoms with Gasteiger partial charge in [0, 0.05) is 18.1 Å². The summed E-state index contributed by atoms with van der Waals surface area (Å²) in [4.78, 5) is 8.28. The van der Waals surface area contributed by atoms with E-state index in [2.05, 4.69) is 91.9 Å². The lowest BCUT2D eigenvalue weighted by molar-refractivity contribution is 0.135. The molecule has 0 saturated carbocycles. The Morgan fingerprint density at radius 1 is 0.931 bits per heavy atom. The Labute approximate surface area is 179 Å². The van der Waals surface area contributed by atoms with Crippen LogP contribution in [0.4, 0.5) is 0 Å². The molecule has 0 amide bonds. The van der Waals surface area contributed by atoms with E-state index < -0.39 is 8.32 Å². The Balaban J connectivity index is 1.97. The Bertz CT molecular complexity index is 834. The van der Waals surface area contributed by atoms with E-state index in [1.54, 1.807) is 18.6 Å². The minimum atomic E-state index is -2.60. The van der Waals surface area contributed by atoms with Crippen molar-refractivity contribution in [2.75, 3.05) is 12.4 Å². The maximum absolute atomic E-state index is 6.91. The van der Waals surface area contributed by atoms with E-state index in [1.165, 1.54) is 10.4 Å². The molecule has 1 aromatic heterocycles. The third kappa shape index (κ3) is 4.89. The molecule has 0 aliphatic heterocycles. The topological polar surface area (TPSA) is 44.2 Å². The molecule has 1 heterocycles. The highest BCUT2D eigenvalue weighted by Crippen LogP contribution is 2.36. The van der Waals surface area contributed by atoms with E-state index >= 15 is 0 Å². The first kappa shape index (κ1) is 21.6. The third-order valence-corrected chi connectivity index (χ3v) is 10.3. The lowest BCUT2D eigenvalue weighted by Gasteiger charge is -2.43. The van der Waals surface area contributed by atoms with Crippen LogP contribution in [-0.4, -0.2) is 36.7 Å². The molecule has 29 heavy (non-hydrogen) atoms. The van der Waals surface area contributed by atoms with Crippen LogP contribution in [0.25, 0.3) is 0 Å². The standard InChI is InChI=1S/C23H28N2O2SSi/c1-23(2,3)29(20-10-6-4-7-11-20,21-12-8-5-9-13-21)26-17-19(18-28)27-22-16-24-14-15-25-22/h4-16,19,28H,17-18H2,1-3H3/t19-/m0/s1. The molecule has 3 rings (SSSR count). The summed E-state index contributed by atoms with van der Waals surface area (Å²) in [7, 11) is -2.60. The molecule has 152 valence electrons. The highest BCUT2D eigenvalue weighted by Gasteiger charge is 2.50. The van der Waals surface area contributed by atoms with E-state index in [-0.39, 0.29) is 11.1 Å². The highest BCUT2D eigenvalue weighted by molar-refractivity contribution is 7.80. The molecular formula is C23H28N2O2SSi. The molecule has 0 aliphatic rings. The number of benzene rings is 2. The Morgan fingerprint density at radius 2 is 1.52 bits per heavy atom. The van der Waals surface area contributed by atoms with Crippen molar-refractivity contribution in [3.05, 3.63) is 79.3 Å². The summed E-state index contributed by atoms with van der Waals surface area (Å²) in [6.45, 7) is 7.21. The van der Waals surface area contributed by atoms with Gasteiger partial charge in [-0.1, -0.05) is 81.4 Å². The van der Waals surface area contributed by atoms with E-state index in [9.17, 15) is 0 Å². The first-order valence-corrected chi connectivity index (χ1v) is 12.3. The van der Waals surface area contributed by atoms with Crippen molar-refractivity contribution in [2.24, 2.45) is 0 Å². The number of rotatable bonds is 8. The molecule has 0 spiro atoms. The number of aromatic nitrogens is 2. The average molecular weight is 425 g/mol. The minimum absolute atomic E-state index is 0.0800. The minimum Gasteiger partial charge on any atom is -0.470 e. The average Bonchev–Trinajstić information content (AvgIpc) is 2.74. The van der Waals surface area contributed by atoms with Crippen molar-refractivity contribution in [2.45, 2.75) is 31.9 Å². The van der Waals surface area contributed by atoms with Crippen LogP contribution in [0.1, 0.15) is 20.8 Å². The maximum Gasteiger partial charge on any atom is 0.261 e. The predicted molar refractivity (Wildman–Crippen MR) is 124 cm³/mol. The lowest BCUT2D eigenvalue weighted by Crippen LogP contribution is -2.67. The summed E-state index contributed by atoms with van der Waals surface area (Å²) in [5.41, 5.74) is 0. The van der Waals surface area contributed by atoms with Crippen molar-refractivity contribution >= 4 is 31.3 Å². The van der Waals surface area contributed by atoms with Gasteiger partial charge >= 0.3 is 0 Å². The number of ether oxygens (including phenoxy) is 1. The van der Waals surface area contributed by atoms with Crippen LogP contribution in [-0.2, 0) is 4.43 Å². The Morgan fingerprint density at radius 3 is 1.97 bits per heavy atom. The van der Waals surface area contributed by atoms with Crippen molar-refractivity contribution < 1.29 is 9.16 Å². The third-order valence-electron chi connectivity index (χ3n) is 4.93. The molecule has 3 aromatic rings. The van der Waals surface area contributed by atoms with Gasteiger partial charge in [-0.2, -0.15) is 12.6 Å². The summed E-state index contributed by atoms with van der Waals surface area (Å²) in [6.07, 6.45) is 4.63. The Hall–Kier alpha value is -2.15. The van der Waals surface area contributed by atoms with Crippen molar-refractivity contribution in [1.82, 2.24) is 9.97 Å². The van der Waals surface area contributed by atoms with Crippen LogP contribution in [0.15, 0.2) is 79.3 Å². The second kappa shape index (κ2) is 9.56. The number of hydrogen-bond acceptors (Lipinski definition) is 5. The molecule has 0 fully saturated rings. The number of thiol groups is 1. The van der Waals surface area contributed by atoms with Gasteiger partial charge in [-0.3, -0.25) is 4.98 Å². The smallest absolute Gasteiger partial charge is 0.261 e. The zero-order valence-corrected chi connectivity index (χ0v) is 19.0. The zero-order valence-electron chi connectivity index (χ0n) is 17.2. The summed E-state index contributed by atoms with van der Waals surface area (Å²) in [6, 6.07) is 21.2. The molecule has 0 bridgehead atoms. The monoisotopic (exact) mass is 424 g/mol. The second-order valence-corrected chi connectivity index (χ2v) is 12.6. The van der Waals surface area contributed by atoms with Crippen molar-refractivity contribution in [3.8, 4) is 5.88 Å². The zero-order chi connectivity index (χ0) is 20.7. The van der Waals surface area contributed by atoms with Gasteiger partial charge in [-0.15, -0.1) is 0 Å². The SMILES string of the molecule is CC(C)(C)[Si](OC[C@@H](CS)Oc1cnccn1)(c1ccccc1)c1ccccc1. The summed E-state index contributed by atoms with van der Waals surface area (Å²) in [5.74, 6) is 1.01. The molecular weight excluding hydrogens is 396 g/mol. The van der Waals surface area contributed by atoms with Gasteiger partial charge in [0.2, 0.25) is 5.88 Å². The summed E-state index contributed by atoms with van der Waals surface area (Å²) >= 11 is 4.49. The predicted octanol–water partition coefficient (Wildman–Crippen LogP) is 3.73. The summed E-state index contributed by atoms with van der Waals surface area (Å²) < 4.78 is 12.9. The molecule has 4 nitrogen and oxygen atoms in total. The maximum atomic E-state index is 6.91. The molecule has 0 N–H and O–H groups in total. The lowest BCUT2D eigenvalue weighted by atomic mass is 10.2. The van der Waals surface area contributed by atoms with Gasteiger partial charge in [-0.25, -0.2) is 4.98 Å². The normalized spacial score (nSPS) is 13.1. The molecule has 2 aromatic carbocycles. The highest BCUT2D eigenvalue weighted by atomic mass is 32.1. The van der Waals surface area contributed by atoms with Crippen LogP contribution in [0.5, 0.6) is 5.88 Å². The molecule has 1 atom stereocenters. The molecule has 6 heteroatoms. The quantitative estimate of drug-likeness (QED) is 0.442. The fourth-order valence-corrected chi connectivity index (χ4v) is 8.39. The Kier molecular flexibility index (Phi) is 7.11. The van der Waals surface area contributed by atoms with Gasteiger partial charge in [0.25, 0.3) is 8.32 Å². The van der Waals surface area contributed by atoms with Gasteiger partial charge in [0.15, 0.2) is 0 Å². The fraction of sp³-hybridized carbons (Fsp3) is 0.304. The van der Waals surface area contributed by atoms with Gasteiger partial charge in [0.05, 0.1) is 12.8 Å². The molecule has 0 radical (unpaired) electrons. The van der Waals surface area contributed by atoms with E-state index in [4.69, 9.17) is 9.16 Å². The first-order chi connectivity index (χ1) is 14.0. The van der Waals surface area contributed by atoms with E-state index in [1.807, 2.05) is 12.1 Å². The molecule has 0 unspecified atom stereocenters. The number of hydrogen-bond donors (Lipinski definition) is 1. The van der Waals surface area contributed by atoms with Crippen LogP contribution in [0.3, 0.4) is 0 Å². The molecule has 0 saturated heterocycles. The van der Waals surface area contributed by atoms with Gasteiger partial charge < -0.3 is 9.16 Å². The summed E-state index contributed by atoms with van der Waals surface area (Å²) in [5, 5.41) is 2.41. The largest absolute Gasteiger partial charge is 0.470 e. The van der Waals surface area contributed by atoms with E-state index in [0.717, 1.165) is 0 Å². The molecule has 0 aliphatic carbocycles. The van der Waals surface area contributed by atoms with Crippen LogP contribution in [0, 0.1) is 0 Å². The van der Waals surface area contributed by atoms with Crippen molar-refractivity contribution in [1.29, 1.82) is 0 Å². The van der Waals surface area contributed by atoms with Gasteiger partial charge in [-0.05, 0) is 15.4 Å².